The molecule has 0 saturated carbocycles. The van der Waals surface area contributed by atoms with E-state index >= 15 is 0 Å². The first-order valence-electron chi connectivity index (χ1n) is 3.98. The molecule has 0 bridgehead atoms. The Morgan fingerprint density at radius 2 is 1.93 bits per heavy atom. The number of hydrogen-bond acceptors (Lipinski definition) is 2. The Morgan fingerprint density at radius 3 is 2.29 bits per heavy atom. The first-order valence-corrected chi connectivity index (χ1v) is 4.38. The third kappa shape index (κ3) is 2.17. The van der Waals surface area contributed by atoms with Gasteiger partial charge in [0.25, 0.3) is 0 Å². The molecule has 0 saturated heterocycles. The number of thiocarbonyl (C=S) groups is 1. The van der Waals surface area contributed by atoms with E-state index in [0.717, 1.165) is 12.1 Å². The highest BCUT2D eigenvalue weighted by molar-refractivity contribution is 7.80. The number of hydrogen-bond donors (Lipinski definition) is 1. The molecule has 0 aromatic heterocycles. The fourth-order valence-corrected chi connectivity index (χ4v) is 1.10. The molecule has 0 heterocycles. The summed E-state index contributed by atoms with van der Waals surface area (Å²) >= 11 is 4.59. The molecule has 1 rings (SSSR count). The van der Waals surface area contributed by atoms with E-state index < -0.39 is 17.4 Å². The molecule has 5 heteroatoms. The van der Waals surface area contributed by atoms with Gasteiger partial charge in [0.15, 0.2) is 17.4 Å². The summed E-state index contributed by atoms with van der Waals surface area (Å²) in [7, 11) is 0. The minimum absolute atomic E-state index is 0.0501. The molecule has 0 aliphatic carbocycles. The molecule has 2 nitrogen and oxygen atoms in total. The minimum Gasteiger partial charge on any atom is -0.488 e. The smallest absolute Gasteiger partial charge is 0.190 e. The van der Waals surface area contributed by atoms with Crippen LogP contribution < -0.4 is 10.5 Å². The van der Waals surface area contributed by atoms with Gasteiger partial charge in [-0.1, -0.05) is 12.2 Å². The van der Waals surface area contributed by atoms with Crippen molar-refractivity contribution in [1.29, 1.82) is 0 Å². The van der Waals surface area contributed by atoms with Gasteiger partial charge in [-0.2, -0.15) is 0 Å². The highest BCUT2D eigenvalue weighted by atomic mass is 32.1. The minimum atomic E-state index is -0.797. The Kier molecular flexibility index (Phi) is 3.35. The van der Waals surface area contributed by atoms with E-state index in [4.69, 9.17) is 10.5 Å². The fourth-order valence-electron chi connectivity index (χ4n) is 0.984. The van der Waals surface area contributed by atoms with Crippen molar-refractivity contribution in [3.63, 3.8) is 0 Å². The largest absolute Gasteiger partial charge is 0.488 e. The lowest BCUT2D eigenvalue weighted by Crippen LogP contribution is -2.11. The lowest BCUT2D eigenvalue weighted by molar-refractivity contribution is 0.302. The highest BCUT2D eigenvalue weighted by Gasteiger charge is 2.12. The van der Waals surface area contributed by atoms with Crippen molar-refractivity contribution in [3.8, 4) is 5.75 Å². The van der Waals surface area contributed by atoms with Crippen molar-refractivity contribution in [3.05, 3.63) is 29.3 Å². The molecule has 0 spiro atoms. The van der Waals surface area contributed by atoms with E-state index in [1.54, 1.807) is 6.92 Å². The molecular formula is C9H9F2NOS. The fraction of sp³-hybridized carbons (Fsp3) is 0.222. The maximum Gasteiger partial charge on any atom is 0.190 e. The van der Waals surface area contributed by atoms with Crippen LogP contribution >= 0.6 is 12.2 Å². The summed E-state index contributed by atoms with van der Waals surface area (Å²) < 4.78 is 31.1. The zero-order valence-corrected chi connectivity index (χ0v) is 8.33. The number of nitrogens with two attached hydrogens (primary N) is 1. The van der Waals surface area contributed by atoms with Crippen molar-refractivity contribution in [1.82, 2.24) is 0 Å². The summed E-state index contributed by atoms with van der Waals surface area (Å²) in [6.07, 6.45) is 0. The van der Waals surface area contributed by atoms with E-state index in [1.807, 2.05) is 0 Å². The van der Waals surface area contributed by atoms with Crippen molar-refractivity contribution in [2.75, 3.05) is 6.61 Å². The van der Waals surface area contributed by atoms with Gasteiger partial charge in [-0.15, -0.1) is 0 Å². The van der Waals surface area contributed by atoms with Crippen molar-refractivity contribution in [2.45, 2.75) is 6.92 Å². The normalized spacial score (nSPS) is 9.93. The highest BCUT2D eigenvalue weighted by Crippen LogP contribution is 2.23. The average Bonchev–Trinajstić information content (AvgIpc) is 2.10. The van der Waals surface area contributed by atoms with E-state index in [-0.39, 0.29) is 17.2 Å². The maximum atomic E-state index is 13.2. The van der Waals surface area contributed by atoms with Crippen molar-refractivity contribution in [2.24, 2.45) is 5.73 Å². The Labute approximate surface area is 85.7 Å². The van der Waals surface area contributed by atoms with Crippen LogP contribution in [0.1, 0.15) is 12.5 Å². The number of ether oxygens (including phenoxy) is 1. The van der Waals surface area contributed by atoms with Gasteiger partial charge < -0.3 is 10.5 Å². The van der Waals surface area contributed by atoms with Crippen LogP contribution in [0.15, 0.2) is 12.1 Å². The third-order valence-electron chi connectivity index (χ3n) is 1.57. The molecule has 0 aliphatic rings. The van der Waals surface area contributed by atoms with Gasteiger partial charge in [-0.25, -0.2) is 8.78 Å². The topological polar surface area (TPSA) is 35.2 Å². The van der Waals surface area contributed by atoms with E-state index in [1.165, 1.54) is 0 Å². The number of rotatable bonds is 3. The average molecular weight is 217 g/mol. The predicted octanol–water partition coefficient (Wildman–Crippen LogP) is 2.00. The molecule has 2 N–H and O–H groups in total. The van der Waals surface area contributed by atoms with Crippen LogP contribution in [0, 0.1) is 11.6 Å². The standard InChI is InChI=1S/C9H9F2NOS/c1-2-13-8-6(10)3-5(9(12)14)4-7(8)11/h3-4H,2H2,1H3,(H2,12,14). The van der Waals surface area contributed by atoms with Crippen LogP contribution in [-0.2, 0) is 0 Å². The number of halogens is 2. The Hall–Kier alpha value is -1.23. The Balaban J connectivity index is 3.18. The van der Waals surface area contributed by atoms with Crippen LogP contribution in [0.5, 0.6) is 5.75 Å². The molecule has 1 aromatic rings. The van der Waals surface area contributed by atoms with Gasteiger partial charge in [0.05, 0.1) is 6.61 Å². The lowest BCUT2D eigenvalue weighted by atomic mass is 10.2. The Bertz CT molecular complexity index is 345. The zero-order valence-electron chi connectivity index (χ0n) is 7.51. The molecule has 14 heavy (non-hydrogen) atoms. The Morgan fingerprint density at radius 1 is 1.43 bits per heavy atom. The maximum absolute atomic E-state index is 13.2. The van der Waals surface area contributed by atoms with Crippen molar-refractivity contribution < 1.29 is 13.5 Å². The van der Waals surface area contributed by atoms with Gasteiger partial charge in [-0.3, -0.25) is 0 Å². The van der Waals surface area contributed by atoms with E-state index in [9.17, 15) is 8.78 Å². The lowest BCUT2D eigenvalue weighted by Gasteiger charge is -2.07. The van der Waals surface area contributed by atoms with Gasteiger partial charge >= 0.3 is 0 Å². The predicted molar refractivity (Wildman–Crippen MR) is 53.4 cm³/mol. The van der Waals surface area contributed by atoms with Gasteiger partial charge in [0.2, 0.25) is 0 Å². The second-order valence-corrected chi connectivity index (χ2v) is 3.01. The summed E-state index contributed by atoms with van der Waals surface area (Å²) in [5.41, 5.74) is 5.38. The third-order valence-corrected chi connectivity index (χ3v) is 1.81. The van der Waals surface area contributed by atoms with Crippen LogP contribution in [0.25, 0.3) is 0 Å². The summed E-state index contributed by atoms with van der Waals surface area (Å²) in [5.74, 6) is -1.99. The van der Waals surface area contributed by atoms with E-state index in [2.05, 4.69) is 12.2 Å². The first kappa shape index (κ1) is 10.8. The molecule has 1 aromatic carbocycles. The molecule has 0 radical (unpaired) electrons. The summed E-state index contributed by atoms with van der Waals surface area (Å²) in [6, 6.07) is 2.10. The molecule has 76 valence electrons. The summed E-state index contributed by atoms with van der Waals surface area (Å²) in [5, 5.41) is 0. The van der Waals surface area contributed by atoms with Gasteiger partial charge in [-0.05, 0) is 19.1 Å². The molecule has 0 fully saturated rings. The van der Waals surface area contributed by atoms with Crippen LogP contribution in [0.3, 0.4) is 0 Å². The quantitative estimate of drug-likeness (QED) is 0.786. The van der Waals surface area contributed by atoms with Crippen LogP contribution in [0.2, 0.25) is 0 Å². The van der Waals surface area contributed by atoms with Crippen molar-refractivity contribution >= 4 is 17.2 Å². The summed E-state index contributed by atoms with van der Waals surface area (Å²) in [4.78, 5) is -0.0501. The molecule has 0 unspecified atom stereocenters. The van der Waals surface area contributed by atoms with Gasteiger partial charge in [0.1, 0.15) is 4.99 Å². The van der Waals surface area contributed by atoms with Crippen LogP contribution in [-0.4, -0.2) is 11.6 Å². The second kappa shape index (κ2) is 4.32. The zero-order chi connectivity index (χ0) is 10.7. The van der Waals surface area contributed by atoms with E-state index in [0.29, 0.717) is 0 Å². The second-order valence-electron chi connectivity index (χ2n) is 2.57. The summed E-state index contributed by atoms with van der Waals surface area (Å²) in [6.45, 7) is 1.83. The van der Waals surface area contributed by atoms with Crippen LogP contribution in [0.4, 0.5) is 8.78 Å². The van der Waals surface area contributed by atoms with Gasteiger partial charge in [0, 0.05) is 5.56 Å². The molecular weight excluding hydrogens is 208 g/mol. The SMILES string of the molecule is CCOc1c(F)cc(C(N)=S)cc1F. The monoisotopic (exact) mass is 217 g/mol. The molecule has 0 atom stereocenters. The molecule has 0 amide bonds. The number of benzene rings is 1. The first-order chi connectivity index (χ1) is 6.56. The molecule has 0 aliphatic heterocycles.